The van der Waals surface area contributed by atoms with Crippen molar-refractivity contribution in [2.75, 3.05) is 0 Å². The lowest BCUT2D eigenvalue weighted by Gasteiger charge is -2.22. The number of nitrogens with zero attached hydrogens (tertiary/aromatic N) is 4. The molecule has 2 unspecified atom stereocenters. The van der Waals surface area contributed by atoms with Crippen LogP contribution in [0, 0.1) is 5.82 Å². The number of ether oxygens (including phenoxy) is 1. The van der Waals surface area contributed by atoms with Crippen molar-refractivity contribution in [1.82, 2.24) is 24.1 Å². The number of rotatable bonds is 0. The third-order valence-electron chi connectivity index (χ3n) is 5.38. The molecular weight excluding hydrogens is 377 g/mol. The van der Waals surface area contributed by atoms with E-state index in [2.05, 4.69) is 15.0 Å². The average Bonchev–Trinajstić information content (AvgIpc) is 3.02. The Morgan fingerprint density at radius 3 is 2.90 bits per heavy atom. The lowest BCUT2D eigenvalue weighted by atomic mass is 10.1. The highest BCUT2D eigenvalue weighted by atomic mass is 19.1. The van der Waals surface area contributed by atoms with Crippen LogP contribution < -0.4 is 15.9 Å². The number of halogens is 1. The highest BCUT2D eigenvalue weighted by Crippen LogP contribution is 2.29. The van der Waals surface area contributed by atoms with Gasteiger partial charge in [0.25, 0.3) is 0 Å². The maximum absolute atomic E-state index is 15.1. The van der Waals surface area contributed by atoms with Crippen LogP contribution in [0.2, 0.25) is 0 Å². The van der Waals surface area contributed by atoms with Gasteiger partial charge in [-0.15, -0.1) is 0 Å². The van der Waals surface area contributed by atoms with Crippen LogP contribution in [-0.2, 0) is 0 Å². The van der Waals surface area contributed by atoms with E-state index in [1.165, 1.54) is 12.3 Å². The largest absolute Gasteiger partial charge is 0.488 e. The van der Waals surface area contributed by atoms with Crippen molar-refractivity contribution in [2.24, 2.45) is 0 Å². The summed E-state index contributed by atoms with van der Waals surface area (Å²) < 4.78 is 24.1. The minimum absolute atomic E-state index is 0.00531. The molecule has 5 rings (SSSR count). The van der Waals surface area contributed by atoms with E-state index >= 15 is 4.39 Å². The predicted molar refractivity (Wildman–Crippen MR) is 105 cm³/mol. The van der Waals surface area contributed by atoms with E-state index in [0.29, 0.717) is 16.9 Å². The van der Waals surface area contributed by atoms with Crippen molar-refractivity contribution >= 4 is 22.2 Å². The summed E-state index contributed by atoms with van der Waals surface area (Å²) in [6.07, 6.45) is 4.54. The third-order valence-corrected chi connectivity index (χ3v) is 5.38. The fraction of sp³-hybridized carbons (Fsp3) is 0.300. The molecule has 0 aromatic carbocycles. The van der Waals surface area contributed by atoms with Crippen LogP contribution in [0.4, 0.5) is 4.39 Å². The minimum atomic E-state index is -0.775. The Hall–Kier alpha value is -3.49. The zero-order chi connectivity index (χ0) is 20.3. The Balaban J connectivity index is 1.95. The number of aromatic amines is 1. The van der Waals surface area contributed by atoms with E-state index in [9.17, 15) is 9.59 Å². The molecule has 29 heavy (non-hydrogen) atoms. The normalized spacial score (nSPS) is 19.1. The van der Waals surface area contributed by atoms with Gasteiger partial charge in [0, 0.05) is 30.6 Å². The zero-order valence-electron chi connectivity index (χ0n) is 15.8. The number of imidazole rings is 1. The second-order valence-corrected chi connectivity index (χ2v) is 7.38. The van der Waals surface area contributed by atoms with Gasteiger partial charge < -0.3 is 9.30 Å². The van der Waals surface area contributed by atoms with Gasteiger partial charge in [-0.25, -0.2) is 23.7 Å². The maximum atomic E-state index is 15.1. The Labute approximate surface area is 163 Å². The van der Waals surface area contributed by atoms with Crippen LogP contribution in [0.25, 0.3) is 28.0 Å². The number of fused-ring (bicyclic) bond motifs is 2. The van der Waals surface area contributed by atoms with Gasteiger partial charge in [-0.05, 0) is 32.8 Å². The zero-order valence-corrected chi connectivity index (χ0v) is 15.8. The van der Waals surface area contributed by atoms with Crippen LogP contribution in [0.15, 0.2) is 40.2 Å². The number of H-pyrrole nitrogens is 1. The van der Waals surface area contributed by atoms with E-state index < -0.39 is 11.5 Å². The molecule has 0 spiro atoms. The Morgan fingerprint density at radius 2 is 2.07 bits per heavy atom. The fourth-order valence-electron chi connectivity index (χ4n) is 3.86. The number of aromatic nitrogens is 5. The molecule has 2 bridgehead atoms. The van der Waals surface area contributed by atoms with Crippen LogP contribution in [0.5, 0.6) is 5.75 Å². The first-order chi connectivity index (χ1) is 13.9. The van der Waals surface area contributed by atoms with Gasteiger partial charge in [-0.2, -0.15) is 0 Å². The molecule has 0 radical (unpaired) electrons. The molecule has 1 aliphatic heterocycles. The molecular formula is C20H18FN5O3. The van der Waals surface area contributed by atoms with Crippen LogP contribution in [0.1, 0.15) is 32.7 Å². The quantitative estimate of drug-likeness (QED) is 0.494. The Morgan fingerprint density at radius 1 is 1.24 bits per heavy atom. The molecule has 1 N–H and O–H groups in total. The van der Waals surface area contributed by atoms with E-state index in [-0.39, 0.29) is 34.4 Å². The second-order valence-electron chi connectivity index (χ2n) is 7.38. The van der Waals surface area contributed by atoms with Crippen molar-refractivity contribution in [3.05, 3.63) is 57.1 Å². The summed E-state index contributed by atoms with van der Waals surface area (Å²) in [4.78, 5) is 36.3. The fourth-order valence-corrected chi connectivity index (χ4v) is 3.86. The Kier molecular flexibility index (Phi) is 3.80. The van der Waals surface area contributed by atoms with Gasteiger partial charge in [-0.1, -0.05) is 0 Å². The summed E-state index contributed by atoms with van der Waals surface area (Å²) >= 11 is 0. The maximum Gasteiger partial charge on any atom is 0.333 e. The molecule has 9 heteroatoms. The van der Waals surface area contributed by atoms with Crippen molar-refractivity contribution in [3.8, 4) is 11.6 Å². The first kappa shape index (κ1) is 17.6. The minimum Gasteiger partial charge on any atom is -0.488 e. The standard InChI is InChI=1S/C20H18FN5O3/c1-10-3-4-11(2)29-15-5-7-22-17-16(15)26(20(28)23-17)19-13(21)9-12-14(27)6-8-25(10)18(12)24-19/h5-11H,3-4H2,1-2H3,(H,22,23,28). The lowest BCUT2D eigenvalue weighted by molar-refractivity contribution is 0.202. The summed E-state index contributed by atoms with van der Waals surface area (Å²) in [6, 6.07) is 4.19. The predicted octanol–water partition coefficient (Wildman–Crippen LogP) is 2.68. The summed E-state index contributed by atoms with van der Waals surface area (Å²) in [5.74, 6) is -0.560. The van der Waals surface area contributed by atoms with Gasteiger partial charge in [0.15, 0.2) is 22.7 Å². The van der Waals surface area contributed by atoms with Gasteiger partial charge in [0.2, 0.25) is 0 Å². The molecule has 0 saturated carbocycles. The molecule has 0 saturated heterocycles. The average molecular weight is 395 g/mol. The summed E-state index contributed by atoms with van der Waals surface area (Å²) in [6.45, 7) is 3.95. The summed E-state index contributed by atoms with van der Waals surface area (Å²) in [7, 11) is 0. The number of pyridine rings is 3. The number of nitrogens with one attached hydrogen (secondary N) is 1. The lowest BCUT2D eigenvalue weighted by Crippen LogP contribution is -2.22. The van der Waals surface area contributed by atoms with E-state index in [0.717, 1.165) is 23.5 Å². The van der Waals surface area contributed by atoms with Crippen molar-refractivity contribution in [1.29, 1.82) is 0 Å². The highest BCUT2D eigenvalue weighted by Gasteiger charge is 2.23. The highest BCUT2D eigenvalue weighted by molar-refractivity contribution is 5.81. The first-order valence-corrected chi connectivity index (χ1v) is 9.42. The van der Waals surface area contributed by atoms with E-state index in [4.69, 9.17) is 4.74 Å². The number of hydrogen-bond acceptors (Lipinski definition) is 5. The molecule has 0 fully saturated rings. The van der Waals surface area contributed by atoms with Crippen molar-refractivity contribution in [2.45, 2.75) is 38.8 Å². The topological polar surface area (TPSA) is 94.8 Å². The molecule has 1 aliphatic rings. The van der Waals surface area contributed by atoms with Crippen molar-refractivity contribution < 1.29 is 9.13 Å². The van der Waals surface area contributed by atoms with Gasteiger partial charge in [0.05, 0.1) is 11.5 Å². The first-order valence-electron chi connectivity index (χ1n) is 9.42. The molecule has 5 heterocycles. The van der Waals surface area contributed by atoms with Crippen molar-refractivity contribution in [3.63, 3.8) is 0 Å². The molecule has 0 amide bonds. The van der Waals surface area contributed by atoms with E-state index in [1.807, 2.05) is 18.4 Å². The van der Waals surface area contributed by atoms with Gasteiger partial charge in [0.1, 0.15) is 16.9 Å². The SMILES string of the molecule is CC1CCC(C)n2ccc(=O)c3cc(F)c(nc32)-n2c(=O)[nH]c3nccc(c32)O1. The second kappa shape index (κ2) is 6.26. The van der Waals surface area contributed by atoms with Crippen LogP contribution in [0.3, 0.4) is 0 Å². The van der Waals surface area contributed by atoms with Crippen LogP contribution in [-0.4, -0.2) is 30.2 Å². The molecule has 8 nitrogen and oxygen atoms in total. The van der Waals surface area contributed by atoms with E-state index in [1.54, 1.807) is 12.3 Å². The molecule has 4 aromatic rings. The van der Waals surface area contributed by atoms with Crippen LogP contribution >= 0.6 is 0 Å². The number of hydrogen-bond donors (Lipinski definition) is 1. The van der Waals surface area contributed by atoms with Gasteiger partial charge >= 0.3 is 5.69 Å². The third kappa shape index (κ3) is 2.65. The monoisotopic (exact) mass is 395 g/mol. The Bertz CT molecular complexity index is 1390. The molecule has 148 valence electrons. The summed E-state index contributed by atoms with van der Waals surface area (Å²) in [5, 5.41) is 0.174. The van der Waals surface area contributed by atoms with Gasteiger partial charge in [-0.3, -0.25) is 9.78 Å². The molecule has 4 aromatic heterocycles. The molecule has 0 aliphatic carbocycles. The molecule has 2 atom stereocenters. The summed E-state index contributed by atoms with van der Waals surface area (Å²) in [5.41, 5.74) is 0.0170. The smallest absolute Gasteiger partial charge is 0.333 e.